The smallest absolute Gasteiger partial charge is 0.235 e. The van der Waals surface area contributed by atoms with Crippen LogP contribution in [0, 0.1) is 6.92 Å². The van der Waals surface area contributed by atoms with Crippen molar-refractivity contribution in [2.24, 2.45) is 0 Å². The van der Waals surface area contributed by atoms with Gasteiger partial charge >= 0.3 is 0 Å². The van der Waals surface area contributed by atoms with Crippen LogP contribution in [-0.4, -0.2) is 27.1 Å². The maximum Gasteiger partial charge on any atom is 0.235 e. The first-order valence-electron chi connectivity index (χ1n) is 4.46. The zero-order chi connectivity index (χ0) is 11.5. The molecule has 0 saturated carbocycles. The Morgan fingerprint density at radius 2 is 1.80 bits per heavy atom. The number of hydrogen-bond acceptors (Lipinski definition) is 3. The van der Waals surface area contributed by atoms with Crippen molar-refractivity contribution in [1.29, 1.82) is 0 Å². The highest BCUT2D eigenvalue weighted by Crippen LogP contribution is 2.11. The minimum absolute atomic E-state index is 0.178. The molecule has 1 aromatic carbocycles. The summed E-state index contributed by atoms with van der Waals surface area (Å²) in [4.78, 5) is 11.2. The number of carbonyl (C=O) groups is 1. The maximum absolute atomic E-state index is 11.7. The Bertz CT molecular complexity index is 448. The Balaban J connectivity index is 2.96. The second-order valence-electron chi connectivity index (χ2n) is 3.25. The Hall–Kier alpha value is -1.36. The van der Waals surface area contributed by atoms with Crippen molar-refractivity contribution in [2.75, 3.05) is 12.8 Å². The number of amides is 1. The molecule has 15 heavy (non-hydrogen) atoms. The number of rotatable bonds is 3. The van der Waals surface area contributed by atoms with E-state index < -0.39 is 21.5 Å². The van der Waals surface area contributed by atoms with Gasteiger partial charge in [0.1, 0.15) is 5.75 Å². The summed E-state index contributed by atoms with van der Waals surface area (Å²) in [6, 6.07) is 6.43. The van der Waals surface area contributed by atoms with Crippen LogP contribution in [0.5, 0.6) is 0 Å². The molecule has 0 aliphatic rings. The Labute approximate surface area is 89.2 Å². The molecular formula is C10H13NO3S. The molecule has 0 heterocycles. The molecular weight excluding hydrogens is 214 g/mol. The van der Waals surface area contributed by atoms with E-state index in [2.05, 4.69) is 5.32 Å². The second kappa shape index (κ2) is 4.44. The zero-order valence-electron chi connectivity index (χ0n) is 8.65. The quantitative estimate of drug-likeness (QED) is 0.818. The van der Waals surface area contributed by atoms with Gasteiger partial charge in [-0.3, -0.25) is 4.79 Å². The van der Waals surface area contributed by atoms with Crippen LogP contribution in [-0.2, 0) is 14.6 Å². The minimum atomic E-state index is -3.50. The van der Waals surface area contributed by atoms with Gasteiger partial charge in [-0.05, 0) is 19.1 Å². The van der Waals surface area contributed by atoms with Crippen molar-refractivity contribution in [3.63, 3.8) is 0 Å². The van der Waals surface area contributed by atoms with E-state index in [1.54, 1.807) is 12.1 Å². The largest absolute Gasteiger partial charge is 0.358 e. The number of aryl methyl sites for hydroxylation is 1. The van der Waals surface area contributed by atoms with Gasteiger partial charge in [-0.2, -0.15) is 0 Å². The molecule has 0 unspecified atom stereocenters. The normalized spacial score (nSPS) is 11.1. The van der Waals surface area contributed by atoms with Gasteiger partial charge in [-0.1, -0.05) is 17.7 Å². The summed E-state index contributed by atoms with van der Waals surface area (Å²) in [5.41, 5.74) is 0.980. The van der Waals surface area contributed by atoms with Crippen LogP contribution in [0.2, 0.25) is 0 Å². The van der Waals surface area contributed by atoms with E-state index in [9.17, 15) is 13.2 Å². The van der Waals surface area contributed by atoms with Gasteiger partial charge < -0.3 is 5.32 Å². The molecule has 0 aromatic heterocycles. The molecule has 0 atom stereocenters. The van der Waals surface area contributed by atoms with Gasteiger partial charge in [0, 0.05) is 7.05 Å². The third-order valence-corrected chi connectivity index (χ3v) is 3.61. The molecule has 0 bridgehead atoms. The fourth-order valence-electron chi connectivity index (χ4n) is 1.07. The Kier molecular flexibility index (Phi) is 3.47. The molecule has 0 fully saturated rings. The van der Waals surface area contributed by atoms with Gasteiger partial charge in [0.15, 0.2) is 9.84 Å². The molecule has 1 amide bonds. The molecule has 0 aliphatic heterocycles. The van der Waals surface area contributed by atoms with E-state index in [1.165, 1.54) is 19.2 Å². The third-order valence-electron chi connectivity index (χ3n) is 1.98. The molecule has 5 heteroatoms. The van der Waals surface area contributed by atoms with Gasteiger partial charge in [-0.15, -0.1) is 0 Å². The lowest BCUT2D eigenvalue weighted by molar-refractivity contribution is -0.118. The molecule has 82 valence electrons. The van der Waals surface area contributed by atoms with Gasteiger partial charge in [0.2, 0.25) is 5.91 Å². The maximum atomic E-state index is 11.7. The molecule has 0 spiro atoms. The number of benzene rings is 1. The van der Waals surface area contributed by atoms with E-state index >= 15 is 0 Å². The number of carbonyl (C=O) groups excluding carboxylic acids is 1. The lowest BCUT2D eigenvalue weighted by Gasteiger charge is -2.03. The first-order chi connectivity index (χ1) is 6.95. The van der Waals surface area contributed by atoms with E-state index in [0.717, 1.165) is 5.56 Å². The molecule has 4 nitrogen and oxygen atoms in total. The summed E-state index contributed by atoms with van der Waals surface area (Å²) in [6.07, 6.45) is 0. The van der Waals surface area contributed by atoms with Crippen molar-refractivity contribution < 1.29 is 13.2 Å². The third kappa shape index (κ3) is 3.06. The molecule has 1 N–H and O–H groups in total. The standard InChI is InChI=1S/C10H13NO3S/c1-8-3-5-9(6-4-8)15(13,14)7-10(12)11-2/h3-6H,7H2,1-2H3,(H,11,12). The van der Waals surface area contributed by atoms with Crippen molar-refractivity contribution in [1.82, 2.24) is 5.32 Å². The predicted molar refractivity (Wildman–Crippen MR) is 57.3 cm³/mol. The number of sulfone groups is 1. The lowest BCUT2D eigenvalue weighted by atomic mass is 10.2. The summed E-state index contributed by atoms with van der Waals surface area (Å²) >= 11 is 0. The van der Waals surface area contributed by atoms with Crippen molar-refractivity contribution in [3.05, 3.63) is 29.8 Å². The fourth-order valence-corrected chi connectivity index (χ4v) is 2.28. The first kappa shape index (κ1) is 11.7. The van der Waals surface area contributed by atoms with Gasteiger partial charge in [-0.25, -0.2) is 8.42 Å². The summed E-state index contributed by atoms with van der Waals surface area (Å²) in [7, 11) is -2.09. The van der Waals surface area contributed by atoms with Gasteiger partial charge in [0.05, 0.1) is 4.90 Å². The monoisotopic (exact) mass is 227 g/mol. The first-order valence-corrected chi connectivity index (χ1v) is 6.11. The highest BCUT2D eigenvalue weighted by molar-refractivity contribution is 7.92. The Morgan fingerprint density at radius 3 is 2.27 bits per heavy atom. The van der Waals surface area contributed by atoms with E-state index in [1.807, 2.05) is 6.92 Å². The summed E-state index contributed by atoms with van der Waals surface area (Å²) in [5, 5.41) is 2.28. The van der Waals surface area contributed by atoms with Crippen LogP contribution < -0.4 is 5.32 Å². The zero-order valence-corrected chi connectivity index (χ0v) is 9.47. The number of hydrogen-bond donors (Lipinski definition) is 1. The van der Waals surface area contributed by atoms with Crippen LogP contribution in [0.25, 0.3) is 0 Å². The number of nitrogens with one attached hydrogen (secondary N) is 1. The van der Waals surface area contributed by atoms with Crippen LogP contribution in [0.4, 0.5) is 0 Å². The predicted octanol–water partition coefficient (Wildman–Crippen LogP) is 0.515. The van der Waals surface area contributed by atoms with E-state index in [4.69, 9.17) is 0 Å². The average Bonchev–Trinajstić information content (AvgIpc) is 2.17. The summed E-state index contributed by atoms with van der Waals surface area (Å²) in [6.45, 7) is 1.87. The Morgan fingerprint density at radius 1 is 1.27 bits per heavy atom. The molecule has 0 radical (unpaired) electrons. The summed E-state index contributed by atoms with van der Waals surface area (Å²) < 4.78 is 23.3. The van der Waals surface area contributed by atoms with Crippen molar-refractivity contribution in [2.45, 2.75) is 11.8 Å². The molecule has 1 aromatic rings. The van der Waals surface area contributed by atoms with Crippen LogP contribution in [0.1, 0.15) is 5.56 Å². The van der Waals surface area contributed by atoms with E-state index in [-0.39, 0.29) is 4.90 Å². The van der Waals surface area contributed by atoms with Crippen molar-refractivity contribution >= 4 is 15.7 Å². The second-order valence-corrected chi connectivity index (χ2v) is 5.23. The highest BCUT2D eigenvalue weighted by atomic mass is 32.2. The topological polar surface area (TPSA) is 63.2 Å². The van der Waals surface area contributed by atoms with Crippen LogP contribution in [0.3, 0.4) is 0 Å². The van der Waals surface area contributed by atoms with Crippen LogP contribution >= 0.6 is 0 Å². The fraction of sp³-hybridized carbons (Fsp3) is 0.300. The van der Waals surface area contributed by atoms with Crippen molar-refractivity contribution in [3.8, 4) is 0 Å². The molecule has 0 aliphatic carbocycles. The average molecular weight is 227 g/mol. The van der Waals surface area contributed by atoms with Crippen LogP contribution in [0.15, 0.2) is 29.2 Å². The highest BCUT2D eigenvalue weighted by Gasteiger charge is 2.17. The summed E-state index contributed by atoms with van der Waals surface area (Å²) in [5.74, 6) is -1.01. The molecule has 0 saturated heterocycles. The lowest BCUT2D eigenvalue weighted by Crippen LogP contribution is -2.26. The van der Waals surface area contributed by atoms with Gasteiger partial charge in [0.25, 0.3) is 0 Å². The SMILES string of the molecule is CNC(=O)CS(=O)(=O)c1ccc(C)cc1. The molecule has 1 rings (SSSR count). The van der Waals surface area contributed by atoms with E-state index in [0.29, 0.717) is 0 Å². The minimum Gasteiger partial charge on any atom is -0.358 e.